The number of hydrogen-bond acceptors (Lipinski definition) is 0. The second kappa shape index (κ2) is 6.45. The Kier molecular flexibility index (Phi) is 5.78. The maximum absolute atomic E-state index is 9.67. The Balaban J connectivity index is 0.000000261. The van der Waals surface area contributed by atoms with Crippen LogP contribution >= 0.6 is 0 Å². The van der Waals surface area contributed by atoms with Crippen molar-refractivity contribution in [2.75, 3.05) is 0 Å². The van der Waals surface area contributed by atoms with Crippen LogP contribution in [0, 0.1) is 0 Å². The van der Waals surface area contributed by atoms with Crippen LogP contribution < -0.4 is 4.57 Å². The largest absolute Gasteiger partial charge is 0.762 e. The van der Waals surface area contributed by atoms with Gasteiger partial charge in [-0.25, -0.2) is 0 Å². The Morgan fingerprint density at radius 1 is 1.08 bits per heavy atom. The van der Waals surface area contributed by atoms with Crippen molar-refractivity contribution >= 4 is 13.7 Å². The molecule has 0 amide bonds. The molecule has 0 aliphatic rings. The van der Waals surface area contributed by atoms with Crippen LogP contribution in [-0.4, -0.2) is 7.54 Å². The van der Waals surface area contributed by atoms with Crippen LogP contribution in [0.15, 0.2) is 37.2 Å². The van der Waals surface area contributed by atoms with Gasteiger partial charge in [-0.05, 0) is 6.58 Å². The van der Waals surface area contributed by atoms with Crippen LogP contribution in [0.4, 0.5) is 12.9 Å². The summed E-state index contributed by atoms with van der Waals surface area (Å²) in [7, 11) is -3.67. The van der Waals surface area contributed by atoms with Crippen molar-refractivity contribution in [1.29, 1.82) is 0 Å². The Hall–Kier alpha value is -1.26. The van der Waals surface area contributed by atoms with Crippen LogP contribution in [0.5, 0.6) is 0 Å². The average molecular weight is 174 g/mol. The number of pyridine rings is 1. The molecule has 1 aromatic heterocycles. The summed E-state index contributed by atoms with van der Waals surface area (Å²) in [6, 6.07) is 5.89. The van der Waals surface area contributed by atoms with E-state index >= 15 is 0 Å². The highest BCUT2D eigenvalue weighted by Crippen LogP contribution is 1.80. The Morgan fingerprint density at radius 3 is 1.75 bits per heavy atom. The molecule has 0 aromatic carbocycles. The average Bonchev–Trinajstić information content (AvgIpc) is 2.05. The zero-order chi connectivity index (χ0) is 9.40. The van der Waals surface area contributed by atoms with E-state index in [2.05, 4.69) is 6.58 Å². The zero-order valence-corrected chi connectivity index (χ0v) is 6.33. The molecule has 0 saturated carbocycles. The third-order valence-electron chi connectivity index (χ3n) is 0.949. The van der Waals surface area contributed by atoms with E-state index in [1.807, 2.05) is 35.2 Å². The topological polar surface area (TPSA) is 3.88 Å². The van der Waals surface area contributed by atoms with Crippen molar-refractivity contribution < 1.29 is 17.5 Å². The van der Waals surface area contributed by atoms with Gasteiger partial charge in [0.1, 0.15) is 0 Å². The lowest BCUT2D eigenvalue weighted by molar-refractivity contribution is -0.567. The highest BCUT2D eigenvalue weighted by molar-refractivity contribution is 6.33. The van der Waals surface area contributed by atoms with Crippen molar-refractivity contribution in [3.63, 3.8) is 0 Å². The predicted molar refractivity (Wildman–Crippen MR) is 42.1 cm³/mol. The van der Waals surface area contributed by atoms with Gasteiger partial charge < -0.3 is 0 Å². The number of halogens is 3. The smallest absolute Gasteiger partial charge is 0.254 e. The summed E-state index contributed by atoms with van der Waals surface area (Å²) in [6.45, 7) is 3.59. The van der Waals surface area contributed by atoms with E-state index in [-0.39, 0.29) is 0 Å². The lowest BCUT2D eigenvalue weighted by Crippen LogP contribution is -2.22. The maximum Gasteiger partial charge on any atom is 0.762 e. The Labute approximate surface area is 69.4 Å². The fraction of sp³-hybridized carbons (Fsp3) is 0. The van der Waals surface area contributed by atoms with Gasteiger partial charge in [-0.15, -0.1) is 0 Å². The van der Waals surface area contributed by atoms with Gasteiger partial charge in [-0.3, -0.25) is 12.9 Å². The zero-order valence-electron chi connectivity index (χ0n) is 6.33. The van der Waals surface area contributed by atoms with Gasteiger partial charge in [0.2, 0.25) is 0 Å². The number of rotatable bonds is 1. The SMILES string of the molecule is C=C[n+]1ccccc1.FB(F)F. The molecule has 0 N–H and O–H groups in total. The molecule has 0 saturated heterocycles. The quantitative estimate of drug-likeness (QED) is 0.452. The molecule has 0 fully saturated rings. The molecule has 1 nitrogen and oxygen atoms in total. The molecule has 0 unspecified atom stereocenters. The van der Waals surface area contributed by atoms with E-state index in [0.29, 0.717) is 0 Å². The van der Waals surface area contributed by atoms with Crippen LogP contribution in [-0.2, 0) is 0 Å². The first-order valence-electron chi connectivity index (χ1n) is 3.17. The second-order valence-electron chi connectivity index (χ2n) is 1.75. The van der Waals surface area contributed by atoms with Gasteiger partial charge in [-0.1, -0.05) is 6.07 Å². The molecule has 1 heterocycles. The van der Waals surface area contributed by atoms with Crippen LogP contribution in [0.2, 0.25) is 0 Å². The summed E-state index contributed by atoms with van der Waals surface area (Å²) in [4.78, 5) is 0. The van der Waals surface area contributed by atoms with E-state index in [1.165, 1.54) is 0 Å². The molecule has 1 rings (SSSR count). The maximum atomic E-state index is 9.67. The number of aromatic nitrogens is 1. The molecule has 0 aliphatic carbocycles. The summed E-state index contributed by atoms with van der Waals surface area (Å²) in [5.41, 5.74) is 0. The van der Waals surface area contributed by atoms with Gasteiger partial charge in [-0.2, -0.15) is 4.57 Å². The fourth-order valence-electron chi connectivity index (χ4n) is 0.534. The molecule has 0 bridgehead atoms. The minimum absolute atomic E-state index is 1.75. The summed E-state index contributed by atoms with van der Waals surface area (Å²) in [5.74, 6) is 0. The third kappa shape index (κ3) is 6.86. The molecular formula is C7H8BF3N+. The van der Waals surface area contributed by atoms with Gasteiger partial charge in [0.25, 0.3) is 0 Å². The Morgan fingerprint density at radius 2 is 1.50 bits per heavy atom. The third-order valence-corrected chi connectivity index (χ3v) is 0.949. The van der Waals surface area contributed by atoms with Gasteiger partial charge in [0.15, 0.2) is 18.6 Å². The lowest BCUT2D eigenvalue weighted by Gasteiger charge is -1.79. The summed E-state index contributed by atoms with van der Waals surface area (Å²) >= 11 is 0. The molecule has 1 aromatic rings. The van der Waals surface area contributed by atoms with Crippen molar-refractivity contribution in [2.45, 2.75) is 0 Å². The molecule has 64 valence electrons. The van der Waals surface area contributed by atoms with Gasteiger partial charge in [0.05, 0.1) is 0 Å². The van der Waals surface area contributed by atoms with Crippen LogP contribution in [0.3, 0.4) is 0 Å². The molecule has 12 heavy (non-hydrogen) atoms. The van der Waals surface area contributed by atoms with Crippen molar-refractivity contribution in [2.24, 2.45) is 0 Å². The molecule has 5 heteroatoms. The van der Waals surface area contributed by atoms with Crippen molar-refractivity contribution in [3.8, 4) is 0 Å². The number of nitrogens with zero attached hydrogens (tertiary/aromatic N) is 1. The Bertz CT molecular complexity index is 212. The van der Waals surface area contributed by atoms with Crippen molar-refractivity contribution in [3.05, 3.63) is 37.2 Å². The molecule has 0 aliphatic heterocycles. The van der Waals surface area contributed by atoms with E-state index in [0.717, 1.165) is 0 Å². The first kappa shape index (κ1) is 10.7. The van der Waals surface area contributed by atoms with E-state index < -0.39 is 7.54 Å². The normalized spacial score (nSPS) is 7.92. The van der Waals surface area contributed by atoms with E-state index in [4.69, 9.17) is 0 Å². The van der Waals surface area contributed by atoms with Crippen molar-refractivity contribution in [1.82, 2.24) is 0 Å². The molecule has 0 radical (unpaired) electrons. The van der Waals surface area contributed by atoms with E-state index in [1.54, 1.807) is 6.20 Å². The second-order valence-corrected chi connectivity index (χ2v) is 1.75. The first-order chi connectivity index (χ1) is 5.66. The van der Waals surface area contributed by atoms with Gasteiger partial charge in [0, 0.05) is 12.1 Å². The monoisotopic (exact) mass is 174 g/mol. The molecule has 0 atom stereocenters. The predicted octanol–water partition coefficient (Wildman–Crippen LogP) is 1.95. The highest BCUT2D eigenvalue weighted by atomic mass is 19.4. The minimum Gasteiger partial charge on any atom is -0.254 e. The molecule has 0 spiro atoms. The van der Waals surface area contributed by atoms with Crippen LogP contribution in [0.1, 0.15) is 0 Å². The fourth-order valence-corrected chi connectivity index (χ4v) is 0.534. The molecular weight excluding hydrogens is 166 g/mol. The minimum atomic E-state index is -3.67. The van der Waals surface area contributed by atoms with E-state index in [9.17, 15) is 12.9 Å². The standard InChI is InChI=1S/C7H8N.BF3/c1-2-8-6-4-3-5-7-8;2-1(3)4/h2-7H,1H2;/q+1;. The first-order valence-corrected chi connectivity index (χ1v) is 3.17. The highest BCUT2D eigenvalue weighted by Gasteiger charge is 2.06. The van der Waals surface area contributed by atoms with Crippen LogP contribution in [0.25, 0.3) is 6.20 Å². The summed E-state index contributed by atoms with van der Waals surface area (Å²) in [5, 5.41) is 0. The lowest BCUT2D eigenvalue weighted by atomic mass is 10.5. The van der Waals surface area contributed by atoms with Gasteiger partial charge >= 0.3 is 7.54 Å². The summed E-state index contributed by atoms with van der Waals surface area (Å²) < 4.78 is 30.9. The summed E-state index contributed by atoms with van der Waals surface area (Å²) in [6.07, 6.45) is 5.62. The number of hydrogen-bond donors (Lipinski definition) is 0.